The highest BCUT2D eigenvalue weighted by molar-refractivity contribution is 6.00. The number of halogens is 3. The van der Waals surface area contributed by atoms with E-state index in [0.29, 0.717) is 36.3 Å². The number of rotatable bonds is 9. The highest BCUT2D eigenvalue weighted by Crippen LogP contribution is 2.32. The zero-order valence-corrected chi connectivity index (χ0v) is 21.8. The molecule has 0 aliphatic heterocycles. The summed E-state index contributed by atoms with van der Waals surface area (Å²) in [4.78, 5) is 13.6. The molecule has 3 rings (SSSR count). The quantitative estimate of drug-likeness (QED) is 0.253. The van der Waals surface area contributed by atoms with Crippen LogP contribution in [0.5, 0.6) is 0 Å². The number of hydrogen-bond acceptors (Lipinski definition) is 4. The van der Waals surface area contributed by atoms with Gasteiger partial charge in [0, 0.05) is 7.05 Å². The molecular formula is C29H33F3N4O2. The van der Waals surface area contributed by atoms with Crippen molar-refractivity contribution in [2.24, 2.45) is 10.8 Å². The first-order chi connectivity index (χ1) is 18.1. The number of likely N-dealkylation sites (N-methyl/N-ethyl adjacent to an activating group) is 1. The van der Waals surface area contributed by atoms with E-state index in [1.54, 1.807) is 24.2 Å². The number of hydrogen-bond donors (Lipinski definition) is 2. The lowest BCUT2D eigenvalue weighted by atomic mass is 10.00. The molecule has 1 amide bonds. The monoisotopic (exact) mass is 526 g/mol. The first kappa shape index (κ1) is 28.6. The zero-order valence-electron chi connectivity index (χ0n) is 21.8. The fraction of sp³-hybridized carbons (Fsp3) is 0.310. The molecule has 9 heteroatoms. The van der Waals surface area contributed by atoms with Crippen molar-refractivity contribution >= 4 is 17.8 Å². The molecule has 0 heterocycles. The highest BCUT2D eigenvalue weighted by Gasteiger charge is 2.30. The van der Waals surface area contributed by atoms with Crippen molar-refractivity contribution in [3.8, 4) is 0 Å². The zero-order chi connectivity index (χ0) is 27.7. The summed E-state index contributed by atoms with van der Waals surface area (Å²) >= 11 is 0. The van der Waals surface area contributed by atoms with Crippen molar-refractivity contribution in [3.05, 3.63) is 100 Å². The molecule has 1 atom stereocenters. The topological polar surface area (TPSA) is 80.0 Å². The molecule has 2 aliphatic rings. The van der Waals surface area contributed by atoms with Gasteiger partial charge in [-0.2, -0.15) is 18.3 Å². The SMILES string of the molecule is COC1=CCC=C(c2ccc(C(F)(F)F)cc2)C=C1C(=O)NC(CC1=CC=C(C)C=CC1)CN(C)/N=C\N. The molecule has 0 spiro atoms. The summed E-state index contributed by atoms with van der Waals surface area (Å²) < 4.78 is 44.6. The number of amides is 1. The van der Waals surface area contributed by atoms with E-state index in [2.05, 4.69) is 28.6 Å². The Morgan fingerprint density at radius 3 is 2.63 bits per heavy atom. The predicted octanol–water partition coefficient (Wildman–Crippen LogP) is 5.49. The second-order valence-electron chi connectivity index (χ2n) is 9.12. The van der Waals surface area contributed by atoms with Gasteiger partial charge in [-0.1, -0.05) is 53.7 Å². The standard InChI is InChI=1S/C29H33F3N4O2/c1-20-6-4-7-21(11-10-20)16-25(18-36(2)34-19-33)35-28(37)26-17-23(8-5-9-27(26)38-3)22-12-14-24(15-13-22)29(30,31)32/h4,6,8-15,17,19,25H,5,7,16,18H2,1-3H3,(H2,33,34)(H,35,37). The Labute approximate surface area is 221 Å². The molecule has 0 saturated heterocycles. The summed E-state index contributed by atoms with van der Waals surface area (Å²) in [5.74, 6) is 0.0346. The number of nitrogens with one attached hydrogen (secondary N) is 1. The fourth-order valence-corrected chi connectivity index (χ4v) is 4.25. The van der Waals surface area contributed by atoms with Crippen molar-refractivity contribution in [1.29, 1.82) is 0 Å². The molecule has 1 aromatic carbocycles. The molecule has 0 fully saturated rings. The highest BCUT2D eigenvalue weighted by atomic mass is 19.4. The van der Waals surface area contributed by atoms with Crippen LogP contribution in [0.25, 0.3) is 5.57 Å². The third-order valence-electron chi connectivity index (χ3n) is 6.15. The fourth-order valence-electron chi connectivity index (χ4n) is 4.25. The molecule has 3 N–H and O–H groups in total. The van der Waals surface area contributed by atoms with Gasteiger partial charge in [0.2, 0.25) is 0 Å². The van der Waals surface area contributed by atoms with Gasteiger partial charge in [0.1, 0.15) is 12.1 Å². The van der Waals surface area contributed by atoms with Crippen LogP contribution in [0.3, 0.4) is 0 Å². The summed E-state index contributed by atoms with van der Waals surface area (Å²) in [5, 5.41) is 8.84. The summed E-state index contributed by atoms with van der Waals surface area (Å²) in [7, 11) is 3.25. The lowest BCUT2D eigenvalue weighted by Crippen LogP contribution is -2.42. The maximum Gasteiger partial charge on any atom is 0.416 e. The van der Waals surface area contributed by atoms with E-state index in [-0.39, 0.29) is 17.5 Å². The molecule has 202 valence electrons. The Morgan fingerprint density at radius 1 is 1.24 bits per heavy atom. The molecule has 0 bridgehead atoms. The molecule has 1 aromatic rings. The van der Waals surface area contributed by atoms with Crippen LogP contribution in [0, 0.1) is 0 Å². The Hall–Kier alpha value is -4.01. The van der Waals surface area contributed by atoms with Gasteiger partial charge in [-0.05, 0) is 61.6 Å². The number of methoxy groups -OCH3 is 1. The molecule has 1 unspecified atom stereocenters. The van der Waals surface area contributed by atoms with E-state index in [0.717, 1.165) is 29.7 Å². The minimum atomic E-state index is -4.42. The van der Waals surface area contributed by atoms with Crippen molar-refractivity contribution in [2.45, 2.75) is 38.4 Å². The van der Waals surface area contributed by atoms with Crippen molar-refractivity contribution in [1.82, 2.24) is 10.3 Å². The molecule has 0 aromatic heterocycles. The van der Waals surface area contributed by atoms with Crippen LogP contribution in [-0.2, 0) is 15.7 Å². The average Bonchev–Trinajstić information content (AvgIpc) is 3.21. The number of allylic oxidation sites excluding steroid dienone is 9. The number of hydrazone groups is 1. The Kier molecular flexibility index (Phi) is 9.76. The number of nitrogens with two attached hydrogens (primary N) is 1. The maximum atomic E-state index is 13.6. The van der Waals surface area contributed by atoms with Crippen LogP contribution < -0.4 is 11.1 Å². The number of ether oxygens (including phenoxy) is 1. The van der Waals surface area contributed by atoms with Gasteiger partial charge >= 0.3 is 6.18 Å². The smallest absolute Gasteiger partial charge is 0.416 e. The van der Waals surface area contributed by atoms with Crippen LogP contribution in [0.2, 0.25) is 0 Å². The summed E-state index contributed by atoms with van der Waals surface area (Å²) in [6, 6.07) is 4.58. The van der Waals surface area contributed by atoms with Gasteiger partial charge in [-0.3, -0.25) is 9.80 Å². The molecule has 0 saturated carbocycles. The van der Waals surface area contributed by atoms with Crippen molar-refractivity contribution in [3.63, 3.8) is 0 Å². The lowest BCUT2D eigenvalue weighted by molar-refractivity contribution is -0.137. The first-order valence-corrected chi connectivity index (χ1v) is 12.2. The maximum absolute atomic E-state index is 13.6. The van der Waals surface area contributed by atoms with Crippen molar-refractivity contribution < 1.29 is 22.7 Å². The predicted molar refractivity (Wildman–Crippen MR) is 145 cm³/mol. The molecular weight excluding hydrogens is 493 g/mol. The van der Waals surface area contributed by atoms with E-state index in [1.807, 2.05) is 19.1 Å². The number of carbonyl (C=O) groups excluding carboxylic acids is 1. The first-order valence-electron chi connectivity index (χ1n) is 12.2. The third kappa shape index (κ3) is 7.99. The normalized spacial score (nSPS) is 16.8. The lowest BCUT2D eigenvalue weighted by Gasteiger charge is -2.25. The van der Waals surface area contributed by atoms with Crippen LogP contribution >= 0.6 is 0 Å². The second kappa shape index (κ2) is 13.0. The van der Waals surface area contributed by atoms with E-state index < -0.39 is 11.7 Å². The molecule has 38 heavy (non-hydrogen) atoms. The van der Waals surface area contributed by atoms with Gasteiger partial charge in [0.05, 0.1) is 30.8 Å². The van der Waals surface area contributed by atoms with Crippen LogP contribution in [-0.4, -0.2) is 44.0 Å². The minimum absolute atomic E-state index is 0.289. The van der Waals surface area contributed by atoms with Crippen LogP contribution in [0.15, 0.2) is 94.4 Å². The average molecular weight is 527 g/mol. The van der Waals surface area contributed by atoms with Gasteiger partial charge < -0.3 is 15.8 Å². The van der Waals surface area contributed by atoms with Gasteiger partial charge in [-0.25, -0.2) is 0 Å². The third-order valence-corrected chi connectivity index (χ3v) is 6.15. The summed E-state index contributed by atoms with van der Waals surface area (Å²) in [6.07, 6.45) is 12.1. The Morgan fingerprint density at radius 2 is 1.97 bits per heavy atom. The van der Waals surface area contributed by atoms with Crippen LogP contribution in [0.4, 0.5) is 13.2 Å². The molecule has 6 nitrogen and oxygen atoms in total. The van der Waals surface area contributed by atoms with Gasteiger partial charge in [0.15, 0.2) is 0 Å². The van der Waals surface area contributed by atoms with Gasteiger partial charge in [0.25, 0.3) is 5.91 Å². The van der Waals surface area contributed by atoms with Gasteiger partial charge in [-0.15, -0.1) is 0 Å². The largest absolute Gasteiger partial charge is 0.496 e. The minimum Gasteiger partial charge on any atom is -0.496 e. The number of benzene rings is 1. The van der Waals surface area contributed by atoms with E-state index >= 15 is 0 Å². The molecule has 2 aliphatic carbocycles. The van der Waals surface area contributed by atoms with E-state index in [4.69, 9.17) is 10.5 Å². The van der Waals surface area contributed by atoms with Crippen LogP contribution in [0.1, 0.15) is 37.3 Å². The summed E-state index contributed by atoms with van der Waals surface area (Å²) in [6.45, 7) is 2.43. The number of nitrogens with zero attached hydrogens (tertiary/aromatic N) is 2. The molecule has 0 radical (unpaired) electrons. The van der Waals surface area contributed by atoms with E-state index in [1.165, 1.54) is 25.6 Å². The Bertz CT molecular complexity index is 1220. The number of alkyl halides is 3. The summed E-state index contributed by atoms with van der Waals surface area (Å²) in [5.41, 5.74) is 8.50. The van der Waals surface area contributed by atoms with E-state index in [9.17, 15) is 18.0 Å². The second-order valence-corrected chi connectivity index (χ2v) is 9.12. The van der Waals surface area contributed by atoms with Crippen molar-refractivity contribution in [2.75, 3.05) is 20.7 Å². The number of carbonyl (C=O) groups is 1. The Balaban J connectivity index is 1.88.